The monoisotopic (exact) mass is 488 g/mol. The van der Waals surface area contributed by atoms with Crippen LogP contribution in [0.15, 0.2) is 79.5 Å². The fourth-order valence-corrected chi connectivity index (χ4v) is 4.46. The number of carbonyl (C=O) groups is 1. The van der Waals surface area contributed by atoms with E-state index in [1.807, 2.05) is 67.8 Å². The van der Waals surface area contributed by atoms with E-state index in [1.54, 1.807) is 18.6 Å². The van der Waals surface area contributed by atoms with E-state index in [4.69, 9.17) is 0 Å². The highest BCUT2D eigenvalue weighted by Crippen LogP contribution is 2.34. The van der Waals surface area contributed by atoms with Crippen molar-refractivity contribution in [1.82, 2.24) is 35.0 Å². The number of pyridine rings is 3. The Morgan fingerprint density at radius 3 is 2.65 bits per heavy atom. The molecule has 37 heavy (non-hydrogen) atoms. The molecule has 0 aliphatic carbocycles. The van der Waals surface area contributed by atoms with Crippen LogP contribution in [-0.4, -0.2) is 61.6 Å². The number of aromatic amines is 2. The van der Waals surface area contributed by atoms with Crippen molar-refractivity contribution in [2.24, 2.45) is 0 Å². The lowest BCUT2D eigenvalue weighted by atomic mass is 10.0. The normalized spacial score (nSPS) is 11.4. The van der Waals surface area contributed by atoms with Gasteiger partial charge in [0.15, 0.2) is 0 Å². The maximum Gasteiger partial charge on any atom is 0.238 e. The van der Waals surface area contributed by atoms with Crippen LogP contribution in [0.2, 0.25) is 0 Å². The number of likely N-dealkylation sites (N-methyl/N-ethyl adjacent to an activating group) is 1. The van der Waals surface area contributed by atoms with Gasteiger partial charge >= 0.3 is 0 Å². The Labute approximate surface area is 212 Å². The molecule has 3 N–H and O–H groups in total. The molecule has 0 spiro atoms. The number of fused-ring (bicyclic) bond motifs is 2. The predicted octanol–water partition coefficient (Wildman–Crippen LogP) is 4.73. The number of hydrogen-bond donors (Lipinski definition) is 3. The zero-order valence-electron chi connectivity index (χ0n) is 20.4. The van der Waals surface area contributed by atoms with Gasteiger partial charge in [-0.1, -0.05) is 12.1 Å². The molecular formula is C28H24N8O. The third-order valence-corrected chi connectivity index (χ3v) is 6.12. The number of amides is 1. The molecule has 9 nitrogen and oxygen atoms in total. The van der Waals surface area contributed by atoms with Crippen LogP contribution in [0.4, 0.5) is 5.69 Å². The van der Waals surface area contributed by atoms with Crippen molar-refractivity contribution in [3.8, 4) is 33.8 Å². The van der Waals surface area contributed by atoms with Crippen molar-refractivity contribution in [3.63, 3.8) is 0 Å². The first-order chi connectivity index (χ1) is 18.0. The summed E-state index contributed by atoms with van der Waals surface area (Å²) >= 11 is 0. The number of nitrogens with zero attached hydrogens (tertiary/aromatic N) is 5. The van der Waals surface area contributed by atoms with Gasteiger partial charge in [0.05, 0.1) is 47.0 Å². The van der Waals surface area contributed by atoms with Crippen LogP contribution in [0.25, 0.3) is 55.6 Å². The molecule has 1 amide bonds. The lowest BCUT2D eigenvalue weighted by molar-refractivity contribution is -0.116. The summed E-state index contributed by atoms with van der Waals surface area (Å²) in [5.41, 5.74) is 7.87. The van der Waals surface area contributed by atoms with Gasteiger partial charge in [-0.15, -0.1) is 0 Å². The zero-order chi connectivity index (χ0) is 25.4. The van der Waals surface area contributed by atoms with E-state index in [9.17, 15) is 4.79 Å². The Kier molecular flexibility index (Phi) is 5.66. The van der Waals surface area contributed by atoms with Crippen LogP contribution < -0.4 is 5.32 Å². The quantitative estimate of drug-likeness (QED) is 0.312. The molecule has 0 atom stereocenters. The number of H-pyrrole nitrogens is 2. The minimum absolute atomic E-state index is 0.0881. The standard InChI is InChI=1S/C28H24N8O/c1-36(2)16-27(37)32-19-9-18(12-29-13-19)17-6-7-24-21(10-17)28(35-34-24)25-11-20-22(14-30-15-26(20)33-25)23-5-3-4-8-31-23/h3-15,33H,16H2,1-2H3,(H,32,37)(H,34,35). The summed E-state index contributed by atoms with van der Waals surface area (Å²) in [7, 11) is 3.71. The van der Waals surface area contributed by atoms with Crippen LogP contribution in [0.1, 0.15) is 0 Å². The molecule has 0 saturated carbocycles. The predicted molar refractivity (Wildman–Crippen MR) is 145 cm³/mol. The Hall–Kier alpha value is -4.89. The summed E-state index contributed by atoms with van der Waals surface area (Å²) in [5.74, 6) is -0.0881. The highest BCUT2D eigenvalue weighted by molar-refractivity contribution is 6.01. The third-order valence-electron chi connectivity index (χ3n) is 6.12. The van der Waals surface area contributed by atoms with Crippen LogP contribution in [0, 0.1) is 0 Å². The van der Waals surface area contributed by atoms with Crippen LogP contribution >= 0.6 is 0 Å². The van der Waals surface area contributed by atoms with Gasteiger partial charge in [0, 0.05) is 40.5 Å². The van der Waals surface area contributed by atoms with Gasteiger partial charge in [0.1, 0.15) is 5.69 Å². The molecule has 0 saturated heterocycles. The van der Waals surface area contributed by atoms with Crippen LogP contribution in [-0.2, 0) is 4.79 Å². The number of hydrogen-bond acceptors (Lipinski definition) is 6. The molecule has 5 aromatic heterocycles. The number of benzene rings is 1. The highest BCUT2D eigenvalue weighted by Gasteiger charge is 2.15. The van der Waals surface area contributed by atoms with Crippen molar-refractivity contribution < 1.29 is 4.79 Å². The van der Waals surface area contributed by atoms with Gasteiger partial charge in [-0.3, -0.25) is 24.8 Å². The number of rotatable bonds is 6. The van der Waals surface area contributed by atoms with E-state index >= 15 is 0 Å². The lowest BCUT2D eigenvalue weighted by Gasteiger charge is -2.11. The van der Waals surface area contributed by atoms with E-state index in [0.717, 1.165) is 55.6 Å². The number of carbonyl (C=O) groups excluding carboxylic acids is 1. The largest absolute Gasteiger partial charge is 0.352 e. The molecule has 0 unspecified atom stereocenters. The Bertz CT molecular complexity index is 1740. The van der Waals surface area contributed by atoms with Crippen molar-refractivity contribution >= 4 is 33.4 Å². The number of anilines is 1. The van der Waals surface area contributed by atoms with Gasteiger partial charge < -0.3 is 15.2 Å². The van der Waals surface area contributed by atoms with E-state index < -0.39 is 0 Å². The summed E-state index contributed by atoms with van der Waals surface area (Å²) in [5, 5.41) is 12.7. The average Bonchev–Trinajstić information content (AvgIpc) is 3.52. The molecular weight excluding hydrogens is 464 g/mol. The average molecular weight is 489 g/mol. The first kappa shape index (κ1) is 22.6. The SMILES string of the molecule is CN(C)CC(=O)Nc1cncc(-c2ccc3[nH]nc(-c4cc5c(-c6ccccn6)cncc5[nH]4)c3c2)c1. The van der Waals surface area contributed by atoms with Gasteiger partial charge in [-0.05, 0) is 56.1 Å². The second kappa shape index (κ2) is 9.29. The fraction of sp³-hybridized carbons (Fsp3) is 0.107. The molecule has 6 aromatic rings. The number of aromatic nitrogens is 6. The Balaban J connectivity index is 1.38. The van der Waals surface area contributed by atoms with E-state index in [0.29, 0.717) is 12.2 Å². The minimum Gasteiger partial charge on any atom is -0.352 e. The smallest absolute Gasteiger partial charge is 0.238 e. The molecule has 6 rings (SSSR count). The molecule has 9 heteroatoms. The Morgan fingerprint density at radius 1 is 0.919 bits per heavy atom. The molecule has 1 aromatic carbocycles. The second-order valence-corrected chi connectivity index (χ2v) is 9.13. The zero-order valence-corrected chi connectivity index (χ0v) is 20.4. The maximum atomic E-state index is 12.2. The highest BCUT2D eigenvalue weighted by atomic mass is 16.2. The molecule has 182 valence electrons. The summed E-state index contributed by atoms with van der Waals surface area (Å²) in [6.07, 6.45) is 8.86. The third kappa shape index (κ3) is 4.43. The minimum atomic E-state index is -0.0881. The maximum absolute atomic E-state index is 12.2. The fourth-order valence-electron chi connectivity index (χ4n) is 4.46. The molecule has 0 aliphatic rings. The van der Waals surface area contributed by atoms with Crippen molar-refractivity contribution in [2.45, 2.75) is 0 Å². The molecule has 0 radical (unpaired) electrons. The topological polar surface area (TPSA) is 115 Å². The Morgan fingerprint density at radius 2 is 1.81 bits per heavy atom. The van der Waals surface area contributed by atoms with E-state index in [-0.39, 0.29) is 5.91 Å². The van der Waals surface area contributed by atoms with Crippen molar-refractivity contribution in [1.29, 1.82) is 0 Å². The first-order valence-corrected chi connectivity index (χ1v) is 11.8. The lowest BCUT2D eigenvalue weighted by Crippen LogP contribution is -2.27. The van der Waals surface area contributed by atoms with Crippen LogP contribution in [0.3, 0.4) is 0 Å². The molecule has 0 fully saturated rings. The van der Waals surface area contributed by atoms with Gasteiger partial charge in [-0.2, -0.15) is 5.10 Å². The van der Waals surface area contributed by atoms with Gasteiger partial charge in [0.25, 0.3) is 0 Å². The van der Waals surface area contributed by atoms with E-state index in [2.05, 4.69) is 47.6 Å². The summed E-state index contributed by atoms with van der Waals surface area (Å²) < 4.78 is 0. The summed E-state index contributed by atoms with van der Waals surface area (Å²) in [6.45, 7) is 0.302. The van der Waals surface area contributed by atoms with Crippen molar-refractivity contribution in [2.75, 3.05) is 26.0 Å². The molecule has 0 aliphatic heterocycles. The van der Waals surface area contributed by atoms with Crippen LogP contribution in [0.5, 0.6) is 0 Å². The number of nitrogens with one attached hydrogen (secondary N) is 3. The molecule has 0 bridgehead atoms. The van der Waals surface area contributed by atoms with Gasteiger partial charge in [-0.25, -0.2) is 0 Å². The first-order valence-electron chi connectivity index (χ1n) is 11.8. The summed E-state index contributed by atoms with van der Waals surface area (Å²) in [4.78, 5) is 30.7. The molecule has 5 heterocycles. The van der Waals surface area contributed by atoms with Gasteiger partial charge in [0.2, 0.25) is 5.91 Å². The summed E-state index contributed by atoms with van der Waals surface area (Å²) in [6, 6.07) is 16.0. The van der Waals surface area contributed by atoms with Crippen molar-refractivity contribution in [3.05, 3.63) is 79.5 Å². The second-order valence-electron chi connectivity index (χ2n) is 9.13. The van der Waals surface area contributed by atoms with E-state index in [1.165, 1.54) is 0 Å².